The van der Waals surface area contributed by atoms with Gasteiger partial charge < -0.3 is 16.6 Å². The zero-order valence-electron chi connectivity index (χ0n) is 7.97. The standard InChI is InChI=1S/C9H12N2O2.2HI/c10-5-4-7(12)6-2-1-3-8(13)9(6)11;;/h1-3,13H,4-5,10-11H2;2*1H. The Balaban J connectivity index is 0. The highest BCUT2D eigenvalue weighted by molar-refractivity contribution is 14.0. The summed E-state index contributed by atoms with van der Waals surface area (Å²) in [5, 5.41) is 9.21. The van der Waals surface area contributed by atoms with E-state index in [-0.39, 0.29) is 78.1 Å². The Morgan fingerprint density at radius 2 is 1.93 bits per heavy atom. The molecule has 0 unspecified atom stereocenters. The largest absolute Gasteiger partial charge is 0.506 e. The van der Waals surface area contributed by atoms with Crippen molar-refractivity contribution in [2.75, 3.05) is 12.3 Å². The summed E-state index contributed by atoms with van der Waals surface area (Å²) in [5.74, 6) is -0.209. The van der Waals surface area contributed by atoms with Gasteiger partial charge in [-0.15, -0.1) is 48.0 Å². The zero-order chi connectivity index (χ0) is 9.84. The molecule has 1 rings (SSSR count). The fourth-order valence-electron chi connectivity index (χ4n) is 1.06. The maximum absolute atomic E-state index is 11.3. The van der Waals surface area contributed by atoms with Gasteiger partial charge in [-0.3, -0.25) is 4.79 Å². The van der Waals surface area contributed by atoms with E-state index in [0.717, 1.165) is 0 Å². The molecule has 1 aromatic rings. The van der Waals surface area contributed by atoms with E-state index in [1.807, 2.05) is 0 Å². The Labute approximate surface area is 122 Å². The second-order valence-electron chi connectivity index (χ2n) is 2.70. The van der Waals surface area contributed by atoms with Crippen LogP contribution in [0.25, 0.3) is 0 Å². The maximum atomic E-state index is 11.3. The Bertz CT molecular complexity index is 332. The molecule has 0 saturated carbocycles. The number of aromatic hydroxyl groups is 1. The minimum Gasteiger partial charge on any atom is -0.506 e. The molecule has 0 amide bonds. The van der Waals surface area contributed by atoms with Crippen molar-refractivity contribution in [1.29, 1.82) is 0 Å². The summed E-state index contributed by atoms with van der Waals surface area (Å²) < 4.78 is 0. The van der Waals surface area contributed by atoms with Gasteiger partial charge in [0.25, 0.3) is 0 Å². The zero-order valence-corrected chi connectivity index (χ0v) is 12.6. The number of hydrogen-bond donors (Lipinski definition) is 3. The Hall–Kier alpha value is -0.0900. The second-order valence-corrected chi connectivity index (χ2v) is 2.70. The Morgan fingerprint density at radius 3 is 2.47 bits per heavy atom. The lowest BCUT2D eigenvalue weighted by atomic mass is 10.1. The van der Waals surface area contributed by atoms with Crippen molar-refractivity contribution < 1.29 is 9.90 Å². The molecular weight excluding hydrogens is 422 g/mol. The average Bonchev–Trinajstić information content (AvgIpc) is 2.10. The van der Waals surface area contributed by atoms with Crippen LogP contribution in [0.15, 0.2) is 18.2 Å². The summed E-state index contributed by atoms with van der Waals surface area (Å²) >= 11 is 0. The van der Waals surface area contributed by atoms with Gasteiger partial charge >= 0.3 is 0 Å². The number of nitrogen functional groups attached to an aromatic ring is 1. The van der Waals surface area contributed by atoms with E-state index in [1.165, 1.54) is 6.07 Å². The van der Waals surface area contributed by atoms with Gasteiger partial charge in [0.1, 0.15) is 5.75 Å². The third kappa shape index (κ3) is 4.51. The van der Waals surface area contributed by atoms with Crippen molar-refractivity contribution in [2.24, 2.45) is 5.73 Å². The van der Waals surface area contributed by atoms with Gasteiger partial charge in [-0.05, 0) is 18.7 Å². The number of carbonyl (C=O) groups excluding carboxylic acids is 1. The SMILES string of the molecule is I.I.NCCC(=O)c1cccc(O)c1N. The quantitative estimate of drug-likeness (QED) is 0.292. The lowest BCUT2D eigenvalue weighted by Gasteiger charge is -2.04. The molecule has 0 radical (unpaired) electrons. The monoisotopic (exact) mass is 436 g/mol. The number of anilines is 1. The third-order valence-corrected chi connectivity index (χ3v) is 1.75. The molecule has 6 heteroatoms. The molecule has 0 aliphatic heterocycles. The summed E-state index contributed by atoms with van der Waals surface area (Å²) in [7, 11) is 0. The van der Waals surface area contributed by atoms with Crippen LogP contribution in [0, 0.1) is 0 Å². The number of nitrogens with two attached hydrogens (primary N) is 2. The fourth-order valence-corrected chi connectivity index (χ4v) is 1.06. The molecule has 0 bridgehead atoms. The first kappa shape index (κ1) is 17.3. The summed E-state index contributed by atoms with van der Waals surface area (Å²) in [5.41, 5.74) is 11.2. The number of para-hydroxylation sites is 1. The van der Waals surface area contributed by atoms with Crippen molar-refractivity contribution in [3.05, 3.63) is 23.8 Å². The molecule has 0 aromatic heterocycles. The van der Waals surface area contributed by atoms with Gasteiger partial charge in [-0.1, -0.05) is 6.07 Å². The summed E-state index contributed by atoms with van der Waals surface area (Å²) in [6.45, 7) is 0.286. The molecule has 5 N–H and O–H groups in total. The molecule has 4 nitrogen and oxygen atoms in total. The minimum absolute atomic E-state index is 0. The molecule has 15 heavy (non-hydrogen) atoms. The molecule has 0 aliphatic carbocycles. The highest BCUT2D eigenvalue weighted by atomic mass is 127. The van der Waals surface area contributed by atoms with Gasteiger partial charge in [-0.25, -0.2) is 0 Å². The highest BCUT2D eigenvalue weighted by Gasteiger charge is 2.10. The molecular formula is C9H14I2N2O2. The first-order chi connectivity index (χ1) is 6.16. The van der Waals surface area contributed by atoms with Crippen molar-refractivity contribution in [2.45, 2.75) is 6.42 Å². The number of benzene rings is 1. The molecule has 0 aliphatic rings. The molecule has 86 valence electrons. The molecule has 0 fully saturated rings. The van der Waals surface area contributed by atoms with E-state index in [0.29, 0.717) is 5.56 Å². The van der Waals surface area contributed by atoms with E-state index >= 15 is 0 Å². The number of carbonyl (C=O) groups is 1. The number of ketones is 1. The lowest BCUT2D eigenvalue weighted by molar-refractivity contribution is 0.0986. The molecule has 1 aromatic carbocycles. The van der Waals surface area contributed by atoms with Crippen LogP contribution in [0.3, 0.4) is 0 Å². The first-order valence-electron chi connectivity index (χ1n) is 3.97. The van der Waals surface area contributed by atoms with E-state index in [9.17, 15) is 9.90 Å². The molecule has 0 heterocycles. The van der Waals surface area contributed by atoms with Gasteiger partial charge in [-0.2, -0.15) is 0 Å². The van der Waals surface area contributed by atoms with Crippen LogP contribution >= 0.6 is 48.0 Å². The average molecular weight is 436 g/mol. The van der Waals surface area contributed by atoms with Gasteiger partial charge in [0.2, 0.25) is 0 Å². The smallest absolute Gasteiger partial charge is 0.166 e. The van der Waals surface area contributed by atoms with E-state index in [2.05, 4.69) is 0 Å². The van der Waals surface area contributed by atoms with Crippen molar-refractivity contribution >= 4 is 59.4 Å². The van der Waals surface area contributed by atoms with E-state index in [4.69, 9.17) is 11.5 Å². The van der Waals surface area contributed by atoms with Crippen LogP contribution in [0.5, 0.6) is 5.75 Å². The number of phenolic OH excluding ortho intramolecular Hbond substituents is 1. The topological polar surface area (TPSA) is 89.3 Å². The predicted octanol–water partition coefficient (Wildman–Crippen LogP) is 1.74. The number of hydrogen-bond acceptors (Lipinski definition) is 4. The van der Waals surface area contributed by atoms with Crippen LogP contribution in [0.4, 0.5) is 5.69 Å². The van der Waals surface area contributed by atoms with Gasteiger partial charge in [0.05, 0.1) is 5.69 Å². The molecule has 0 saturated heterocycles. The van der Waals surface area contributed by atoms with Crippen molar-refractivity contribution in [3.8, 4) is 5.75 Å². The van der Waals surface area contributed by atoms with Gasteiger partial charge in [0.15, 0.2) is 5.78 Å². The van der Waals surface area contributed by atoms with Crippen LogP contribution in [0.2, 0.25) is 0 Å². The highest BCUT2D eigenvalue weighted by Crippen LogP contribution is 2.24. The number of halogens is 2. The minimum atomic E-state index is -0.143. The fraction of sp³-hybridized carbons (Fsp3) is 0.222. The normalized spacial score (nSPS) is 8.60. The number of Topliss-reactive ketones (excluding diaryl/α,β-unsaturated/α-hetero) is 1. The maximum Gasteiger partial charge on any atom is 0.166 e. The van der Waals surface area contributed by atoms with E-state index < -0.39 is 0 Å². The summed E-state index contributed by atoms with van der Waals surface area (Å²) in [4.78, 5) is 11.3. The number of rotatable bonds is 3. The third-order valence-electron chi connectivity index (χ3n) is 1.75. The predicted molar refractivity (Wildman–Crippen MR) is 81.4 cm³/mol. The lowest BCUT2D eigenvalue weighted by Crippen LogP contribution is -2.10. The Kier molecular flexibility index (Phi) is 9.36. The first-order valence-corrected chi connectivity index (χ1v) is 3.97. The van der Waals surface area contributed by atoms with Crippen LogP contribution in [-0.4, -0.2) is 17.4 Å². The van der Waals surface area contributed by atoms with Crippen LogP contribution in [-0.2, 0) is 0 Å². The summed E-state index contributed by atoms with van der Waals surface area (Å²) in [6.07, 6.45) is 0.244. The van der Waals surface area contributed by atoms with Crippen molar-refractivity contribution in [1.82, 2.24) is 0 Å². The van der Waals surface area contributed by atoms with E-state index in [1.54, 1.807) is 12.1 Å². The van der Waals surface area contributed by atoms with Crippen molar-refractivity contribution in [3.63, 3.8) is 0 Å². The second kappa shape index (κ2) is 8.11. The molecule has 0 atom stereocenters. The van der Waals surface area contributed by atoms with Crippen LogP contribution < -0.4 is 11.5 Å². The molecule has 0 spiro atoms. The van der Waals surface area contributed by atoms with Crippen LogP contribution in [0.1, 0.15) is 16.8 Å². The van der Waals surface area contributed by atoms with Gasteiger partial charge in [0, 0.05) is 12.0 Å². The Morgan fingerprint density at radius 1 is 1.33 bits per heavy atom. The number of phenols is 1. The summed E-state index contributed by atoms with van der Waals surface area (Å²) in [6, 6.07) is 4.59.